The number of benzene rings is 1. The second kappa shape index (κ2) is 9.53. The van der Waals surface area contributed by atoms with Gasteiger partial charge in [-0.3, -0.25) is 9.05 Å². The first kappa shape index (κ1) is 18.6. The lowest BCUT2D eigenvalue weighted by Gasteiger charge is -2.22. The second-order valence-corrected chi connectivity index (χ2v) is 6.25. The minimum atomic E-state index is -3.72. The molecular formula is C13H18IO6P. The van der Waals surface area contributed by atoms with Crippen molar-refractivity contribution in [1.82, 2.24) is 0 Å². The number of halogens is 1. The molecule has 0 saturated heterocycles. The zero-order valence-corrected chi connectivity index (χ0v) is 14.9. The Morgan fingerprint density at radius 1 is 1.19 bits per heavy atom. The van der Waals surface area contributed by atoms with E-state index in [1.54, 1.807) is 44.2 Å². The summed E-state index contributed by atoms with van der Waals surface area (Å²) >= 11 is 1.96. The van der Waals surface area contributed by atoms with Gasteiger partial charge in [0, 0.05) is 0 Å². The molecule has 0 N–H and O–H groups in total. The third-order valence-electron chi connectivity index (χ3n) is 2.20. The quantitative estimate of drug-likeness (QED) is 0.196. The lowest BCUT2D eigenvalue weighted by molar-refractivity contribution is -0.0521. The molecule has 0 fully saturated rings. The molecule has 8 heteroatoms. The number of phosphoric acid groups is 1. The van der Waals surface area contributed by atoms with Crippen LogP contribution in [0.1, 0.15) is 24.2 Å². The maximum atomic E-state index is 12.2. The molecule has 0 heterocycles. The molecule has 0 saturated carbocycles. The number of hydrogen-bond acceptors (Lipinski definition) is 6. The Bertz CT molecular complexity index is 471. The molecule has 0 aliphatic carbocycles. The predicted octanol–water partition coefficient (Wildman–Crippen LogP) is 3.80. The van der Waals surface area contributed by atoms with Gasteiger partial charge in [0.2, 0.25) is 6.29 Å². The van der Waals surface area contributed by atoms with Gasteiger partial charge in [0.1, 0.15) is 0 Å². The number of carbonyl (C=O) groups excluding carboxylic acids is 1. The van der Waals surface area contributed by atoms with Crippen molar-refractivity contribution in [1.29, 1.82) is 0 Å². The normalized spacial score (nSPS) is 12.9. The fourth-order valence-corrected chi connectivity index (χ4v) is 3.28. The summed E-state index contributed by atoms with van der Waals surface area (Å²) in [5, 5.41) is 0. The molecule has 0 aromatic heterocycles. The van der Waals surface area contributed by atoms with E-state index in [9.17, 15) is 9.36 Å². The van der Waals surface area contributed by atoms with Gasteiger partial charge < -0.3 is 4.74 Å². The van der Waals surface area contributed by atoms with Gasteiger partial charge in [0.05, 0.1) is 23.2 Å². The van der Waals surface area contributed by atoms with Crippen LogP contribution in [-0.2, 0) is 22.9 Å². The van der Waals surface area contributed by atoms with Crippen molar-refractivity contribution in [3.05, 3.63) is 35.9 Å². The van der Waals surface area contributed by atoms with Gasteiger partial charge in [-0.15, -0.1) is 0 Å². The van der Waals surface area contributed by atoms with Crippen LogP contribution in [-0.4, -0.2) is 29.9 Å². The fraction of sp³-hybridized carbons (Fsp3) is 0.462. The highest BCUT2D eigenvalue weighted by Crippen LogP contribution is 2.50. The zero-order valence-electron chi connectivity index (χ0n) is 11.9. The Balaban J connectivity index is 2.70. The monoisotopic (exact) mass is 428 g/mol. The molecule has 1 rings (SSSR count). The molecule has 1 atom stereocenters. The largest absolute Gasteiger partial charge is 0.477 e. The van der Waals surface area contributed by atoms with E-state index < -0.39 is 20.1 Å². The molecule has 21 heavy (non-hydrogen) atoms. The van der Waals surface area contributed by atoms with Crippen LogP contribution in [0.3, 0.4) is 0 Å². The van der Waals surface area contributed by atoms with Gasteiger partial charge in [-0.05, 0) is 26.0 Å². The molecule has 0 aliphatic rings. The third-order valence-corrected chi connectivity index (χ3v) is 4.56. The molecule has 0 amide bonds. The van der Waals surface area contributed by atoms with Crippen molar-refractivity contribution in [3.8, 4) is 0 Å². The molecule has 0 bridgehead atoms. The molecule has 6 nitrogen and oxygen atoms in total. The first-order valence-corrected chi connectivity index (χ1v) is 9.42. The van der Waals surface area contributed by atoms with Crippen LogP contribution in [0.4, 0.5) is 0 Å². The Morgan fingerprint density at radius 3 is 2.24 bits per heavy atom. The topological polar surface area (TPSA) is 71.1 Å². The first-order chi connectivity index (χ1) is 10.0. The van der Waals surface area contributed by atoms with Crippen LogP contribution in [0.2, 0.25) is 0 Å². The van der Waals surface area contributed by atoms with Gasteiger partial charge in [-0.25, -0.2) is 13.9 Å². The van der Waals surface area contributed by atoms with Crippen LogP contribution in [0, 0.1) is 0 Å². The number of rotatable bonds is 9. The van der Waals surface area contributed by atoms with Gasteiger partial charge in [0.25, 0.3) is 0 Å². The molecule has 118 valence electrons. The van der Waals surface area contributed by atoms with Gasteiger partial charge >= 0.3 is 13.8 Å². The smallest absolute Gasteiger partial charge is 0.431 e. The second-order valence-electron chi connectivity index (χ2n) is 3.74. The van der Waals surface area contributed by atoms with Crippen molar-refractivity contribution in [2.75, 3.05) is 17.6 Å². The van der Waals surface area contributed by atoms with E-state index in [0.717, 1.165) is 0 Å². The molecule has 1 aromatic rings. The lowest BCUT2D eigenvalue weighted by atomic mass is 10.2. The number of hydrogen-bond donors (Lipinski definition) is 0. The number of phosphoric ester groups is 1. The van der Waals surface area contributed by atoms with E-state index in [0.29, 0.717) is 9.99 Å². The van der Waals surface area contributed by atoms with Crippen LogP contribution >= 0.6 is 30.4 Å². The van der Waals surface area contributed by atoms with E-state index in [1.165, 1.54) is 0 Å². The van der Waals surface area contributed by atoms with Crippen molar-refractivity contribution in [2.24, 2.45) is 0 Å². The molecule has 0 radical (unpaired) electrons. The summed E-state index contributed by atoms with van der Waals surface area (Å²) in [6.45, 7) is 3.67. The highest BCUT2D eigenvalue weighted by atomic mass is 127. The Labute approximate surface area is 137 Å². The summed E-state index contributed by atoms with van der Waals surface area (Å²) in [5.41, 5.74) is 0.388. The third kappa shape index (κ3) is 6.44. The van der Waals surface area contributed by atoms with Crippen LogP contribution in [0.15, 0.2) is 30.3 Å². The Kier molecular flexibility index (Phi) is 8.43. The molecule has 0 spiro atoms. The van der Waals surface area contributed by atoms with Crippen molar-refractivity contribution < 1.29 is 27.7 Å². The minimum Gasteiger partial charge on any atom is -0.431 e. The molecule has 0 aliphatic heterocycles. The summed E-state index contributed by atoms with van der Waals surface area (Å²) in [4.78, 5) is 11.9. The van der Waals surface area contributed by atoms with E-state index >= 15 is 0 Å². The summed E-state index contributed by atoms with van der Waals surface area (Å²) < 4.78 is 32.9. The summed E-state index contributed by atoms with van der Waals surface area (Å²) in [7, 11) is -3.72. The SMILES string of the molecule is CCOP(=O)(OCC)OC(CI)OC(=O)c1ccccc1. The summed E-state index contributed by atoms with van der Waals surface area (Å²) in [5.74, 6) is -0.559. The highest BCUT2D eigenvalue weighted by Gasteiger charge is 2.31. The zero-order chi connectivity index (χ0) is 15.7. The average Bonchev–Trinajstić information content (AvgIpc) is 2.47. The number of esters is 1. The van der Waals surface area contributed by atoms with Crippen molar-refractivity contribution >= 4 is 36.4 Å². The Morgan fingerprint density at radius 2 is 1.76 bits per heavy atom. The Hall–Kier alpha value is -0.470. The highest BCUT2D eigenvalue weighted by molar-refractivity contribution is 14.1. The van der Waals surface area contributed by atoms with Gasteiger partial charge in [0.15, 0.2) is 0 Å². The minimum absolute atomic E-state index is 0.165. The van der Waals surface area contributed by atoms with Crippen LogP contribution in [0.5, 0.6) is 0 Å². The van der Waals surface area contributed by atoms with Crippen molar-refractivity contribution in [3.63, 3.8) is 0 Å². The average molecular weight is 428 g/mol. The fourth-order valence-electron chi connectivity index (χ4n) is 1.40. The van der Waals surface area contributed by atoms with Crippen LogP contribution < -0.4 is 0 Å². The van der Waals surface area contributed by atoms with Crippen molar-refractivity contribution in [2.45, 2.75) is 20.1 Å². The summed E-state index contributed by atoms with van der Waals surface area (Å²) in [6.07, 6.45) is -1.01. The maximum Gasteiger partial charge on any atom is 0.477 e. The van der Waals surface area contributed by atoms with Gasteiger partial charge in [-0.1, -0.05) is 40.8 Å². The van der Waals surface area contributed by atoms with E-state index in [1.807, 2.05) is 22.6 Å². The number of ether oxygens (including phenoxy) is 1. The molecule has 1 aromatic carbocycles. The van der Waals surface area contributed by atoms with E-state index in [4.69, 9.17) is 18.3 Å². The standard InChI is InChI=1S/C13H18IO6P/c1-3-17-21(16,18-4-2)20-12(10-14)19-13(15)11-8-6-5-7-9-11/h5-9,12H,3-4,10H2,1-2H3. The van der Waals surface area contributed by atoms with Crippen LogP contribution in [0.25, 0.3) is 0 Å². The molecular weight excluding hydrogens is 410 g/mol. The summed E-state index contributed by atoms with van der Waals surface area (Å²) in [6, 6.07) is 8.49. The number of carbonyl (C=O) groups is 1. The number of alkyl halides is 1. The van der Waals surface area contributed by atoms with Gasteiger partial charge in [-0.2, -0.15) is 0 Å². The molecule has 1 unspecified atom stereocenters. The first-order valence-electron chi connectivity index (χ1n) is 6.44. The van der Waals surface area contributed by atoms with E-state index in [2.05, 4.69) is 0 Å². The predicted molar refractivity (Wildman–Crippen MR) is 86.5 cm³/mol. The maximum absolute atomic E-state index is 12.2. The lowest BCUT2D eigenvalue weighted by Crippen LogP contribution is -2.23. The van der Waals surface area contributed by atoms with E-state index in [-0.39, 0.29) is 13.2 Å².